The third-order valence-electron chi connectivity index (χ3n) is 3.80. The van der Waals surface area contributed by atoms with E-state index in [0.717, 1.165) is 45.1 Å². The molecule has 0 bridgehead atoms. The van der Waals surface area contributed by atoms with E-state index in [2.05, 4.69) is 15.5 Å². The molecule has 4 heteroatoms. The van der Waals surface area contributed by atoms with E-state index in [9.17, 15) is 4.79 Å². The number of hydrogen-bond acceptors (Lipinski definition) is 3. The van der Waals surface area contributed by atoms with Crippen LogP contribution < -0.4 is 10.6 Å². The van der Waals surface area contributed by atoms with Gasteiger partial charge in [-0.05, 0) is 45.2 Å². The lowest BCUT2D eigenvalue weighted by Gasteiger charge is -2.31. The predicted molar refractivity (Wildman–Crippen MR) is 64.3 cm³/mol. The van der Waals surface area contributed by atoms with Crippen LogP contribution >= 0.6 is 0 Å². The largest absolute Gasteiger partial charge is 0.355 e. The van der Waals surface area contributed by atoms with Crippen molar-refractivity contribution in [1.82, 2.24) is 15.5 Å². The minimum atomic E-state index is 0.0531. The lowest BCUT2D eigenvalue weighted by atomic mass is 9.97. The van der Waals surface area contributed by atoms with Crippen LogP contribution in [0.2, 0.25) is 0 Å². The number of nitrogens with one attached hydrogen (secondary N) is 2. The van der Waals surface area contributed by atoms with Gasteiger partial charge in [0.05, 0.1) is 6.04 Å². The van der Waals surface area contributed by atoms with Crippen molar-refractivity contribution in [1.29, 1.82) is 0 Å². The highest BCUT2D eigenvalue weighted by Crippen LogP contribution is 2.16. The molecule has 0 radical (unpaired) electrons. The van der Waals surface area contributed by atoms with E-state index in [0.29, 0.717) is 0 Å². The molecule has 2 aliphatic heterocycles. The number of amides is 1. The van der Waals surface area contributed by atoms with Gasteiger partial charge >= 0.3 is 0 Å². The summed E-state index contributed by atoms with van der Waals surface area (Å²) in [4.78, 5) is 14.1. The quantitative estimate of drug-likeness (QED) is 0.705. The summed E-state index contributed by atoms with van der Waals surface area (Å²) in [6.07, 6.45) is 3.59. The number of carbonyl (C=O) groups is 1. The van der Waals surface area contributed by atoms with Gasteiger partial charge in [0.25, 0.3) is 0 Å². The van der Waals surface area contributed by atoms with Crippen LogP contribution in [0.15, 0.2) is 0 Å². The number of hydrogen-bond donors (Lipinski definition) is 2. The summed E-state index contributed by atoms with van der Waals surface area (Å²) in [6, 6.07) is 0.0531. The van der Waals surface area contributed by atoms with Crippen LogP contribution in [0.3, 0.4) is 0 Å². The van der Waals surface area contributed by atoms with E-state index in [1.54, 1.807) is 0 Å². The highest BCUT2D eigenvalue weighted by molar-refractivity contribution is 5.81. The Kier molecular flexibility index (Phi) is 4.18. The molecule has 0 aromatic carbocycles. The van der Waals surface area contributed by atoms with Gasteiger partial charge in [-0.15, -0.1) is 0 Å². The topological polar surface area (TPSA) is 44.4 Å². The van der Waals surface area contributed by atoms with Crippen molar-refractivity contribution in [3.63, 3.8) is 0 Å². The van der Waals surface area contributed by atoms with Crippen LogP contribution in [0.25, 0.3) is 0 Å². The van der Waals surface area contributed by atoms with Crippen LogP contribution in [-0.4, -0.2) is 49.6 Å². The van der Waals surface area contributed by atoms with E-state index < -0.39 is 0 Å². The van der Waals surface area contributed by atoms with Crippen molar-refractivity contribution < 1.29 is 4.79 Å². The highest BCUT2D eigenvalue weighted by Gasteiger charge is 2.26. The summed E-state index contributed by atoms with van der Waals surface area (Å²) in [5.74, 6) is 0.973. The monoisotopic (exact) mass is 225 g/mol. The second kappa shape index (κ2) is 5.64. The molecule has 0 aromatic rings. The Balaban J connectivity index is 1.88. The summed E-state index contributed by atoms with van der Waals surface area (Å²) in [5, 5.41) is 6.36. The Morgan fingerprint density at radius 2 is 2.06 bits per heavy atom. The number of nitrogens with zero attached hydrogens (tertiary/aromatic N) is 1. The molecule has 1 atom stereocenters. The number of rotatable bonds is 2. The van der Waals surface area contributed by atoms with E-state index in [1.165, 1.54) is 12.8 Å². The summed E-state index contributed by atoms with van der Waals surface area (Å²) >= 11 is 0. The van der Waals surface area contributed by atoms with Crippen LogP contribution in [0, 0.1) is 5.92 Å². The van der Waals surface area contributed by atoms with Crippen molar-refractivity contribution in [2.75, 3.05) is 32.7 Å². The maximum atomic E-state index is 11.7. The van der Waals surface area contributed by atoms with Gasteiger partial charge in [0.1, 0.15) is 0 Å². The van der Waals surface area contributed by atoms with E-state index in [-0.39, 0.29) is 11.9 Å². The van der Waals surface area contributed by atoms with Gasteiger partial charge in [-0.3, -0.25) is 9.69 Å². The summed E-state index contributed by atoms with van der Waals surface area (Å²) in [7, 11) is 0. The highest BCUT2D eigenvalue weighted by atomic mass is 16.2. The minimum Gasteiger partial charge on any atom is -0.355 e. The smallest absolute Gasteiger partial charge is 0.237 e. The molecule has 2 aliphatic rings. The normalized spacial score (nSPS) is 29.8. The molecule has 92 valence electrons. The first-order valence-corrected chi connectivity index (χ1v) is 6.50. The molecule has 2 rings (SSSR count). The van der Waals surface area contributed by atoms with Crippen LogP contribution in [-0.2, 0) is 4.79 Å². The molecule has 2 fully saturated rings. The fourth-order valence-corrected chi connectivity index (χ4v) is 2.65. The van der Waals surface area contributed by atoms with Gasteiger partial charge in [0.15, 0.2) is 0 Å². The molecule has 4 nitrogen and oxygen atoms in total. The fourth-order valence-electron chi connectivity index (χ4n) is 2.65. The summed E-state index contributed by atoms with van der Waals surface area (Å²) < 4.78 is 0. The van der Waals surface area contributed by atoms with Gasteiger partial charge in [-0.1, -0.05) is 0 Å². The standard InChI is InChI=1S/C12H23N3O/c1-10-12(16)14-5-2-8-15(10)9-11-3-6-13-7-4-11/h10-11,13H,2-9H2,1H3,(H,14,16). The van der Waals surface area contributed by atoms with Crippen molar-refractivity contribution >= 4 is 5.91 Å². The first kappa shape index (κ1) is 11.9. The Morgan fingerprint density at radius 1 is 1.31 bits per heavy atom. The van der Waals surface area contributed by atoms with Gasteiger partial charge in [0, 0.05) is 19.6 Å². The zero-order chi connectivity index (χ0) is 11.4. The summed E-state index contributed by atoms with van der Waals surface area (Å²) in [6.45, 7) is 7.30. The number of piperidine rings is 1. The molecule has 0 aliphatic carbocycles. The molecule has 2 N–H and O–H groups in total. The van der Waals surface area contributed by atoms with Crippen molar-refractivity contribution in [3.8, 4) is 0 Å². The molecule has 1 amide bonds. The average Bonchev–Trinajstić information content (AvgIpc) is 2.46. The second-order valence-corrected chi connectivity index (χ2v) is 5.01. The molecule has 2 saturated heterocycles. The zero-order valence-electron chi connectivity index (χ0n) is 10.2. The molecule has 0 saturated carbocycles. The molecule has 2 heterocycles. The van der Waals surface area contributed by atoms with Crippen LogP contribution in [0.5, 0.6) is 0 Å². The summed E-state index contributed by atoms with van der Waals surface area (Å²) in [5.41, 5.74) is 0. The first-order chi connectivity index (χ1) is 7.77. The molecule has 0 aromatic heterocycles. The van der Waals surface area contributed by atoms with E-state index in [4.69, 9.17) is 0 Å². The predicted octanol–water partition coefficient (Wildman–Crippen LogP) is 0.196. The van der Waals surface area contributed by atoms with E-state index in [1.807, 2.05) is 6.92 Å². The van der Waals surface area contributed by atoms with Crippen LogP contribution in [0.4, 0.5) is 0 Å². The van der Waals surface area contributed by atoms with Crippen molar-refractivity contribution in [2.24, 2.45) is 5.92 Å². The molecule has 0 spiro atoms. The van der Waals surface area contributed by atoms with Crippen molar-refractivity contribution in [3.05, 3.63) is 0 Å². The van der Waals surface area contributed by atoms with Crippen molar-refractivity contribution in [2.45, 2.75) is 32.2 Å². The second-order valence-electron chi connectivity index (χ2n) is 5.01. The fraction of sp³-hybridized carbons (Fsp3) is 0.917. The molecule has 16 heavy (non-hydrogen) atoms. The molecular weight excluding hydrogens is 202 g/mol. The first-order valence-electron chi connectivity index (χ1n) is 6.50. The average molecular weight is 225 g/mol. The lowest BCUT2D eigenvalue weighted by Crippen LogP contribution is -2.45. The van der Waals surface area contributed by atoms with Gasteiger partial charge in [-0.2, -0.15) is 0 Å². The zero-order valence-corrected chi connectivity index (χ0v) is 10.2. The van der Waals surface area contributed by atoms with Gasteiger partial charge in [-0.25, -0.2) is 0 Å². The molecular formula is C12H23N3O. The third-order valence-corrected chi connectivity index (χ3v) is 3.80. The Bertz CT molecular complexity index is 238. The van der Waals surface area contributed by atoms with Gasteiger partial charge in [0.2, 0.25) is 5.91 Å². The Hall–Kier alpha value is -0.610. The molecule has 1 unspecified atom stereocenters. The Morgan fingerprint density at radius 3 is 2.81 bits per heavy atom. The van der Waals surface area contributed by atoms with E-state index >= 15 is 0 Å². The number of carbonyl (C=O) groups excluding carboxylic acids is 1. The minimum absolute atomic E-state index is 0.0531. The van der Waals surface area contributed by atoms with Gasteiger partial charge < -0.3 is 10.6 Å². The maximum absolute atomic E-state index is 11.7. The maximum Gasteiger partial charge on any atom is 0.237 e. The SMILES string of the molecule is CC1C(=O)NCCCN1CC1CCNCC1. The Labute approximate surface area is 97.8 Å². The third kappa shape index (κ3) is 2.95. The lowest BCUT2D eigenvalue weighted by molar-refractivity contribution is -0.125. The van der Waals surface area contributed by atoms with Crippen LogP contribution in [0.1, 0.15) is 26.2 Å².